The molecule has 2 heterocycles. The van der Waals surface area contributed by atoms with Gasteiger partial charge in [0.15, 0.2) is 0 Å². The van der Waals surface area contributed by atoms with E-state index >= 15 is 0 Å². The lowest BCUT2D eigenvalue weighted by atomic mass is 9.43. The zero-order valence-electron chi connectivity index (χ0n) is 12.3. The largest absolute Gasteiger partial charge is 0.480 e. The van der Waals surface area contributed by atoms with Crippen molar-refractivity contribution < 1.29 is 14.7 Å². The third-order valence-corrected chi connectivity index (χ3v) is 5.95. The first-order valence-corrected chi connectivity index (χ1v) is 7.68. The Labute approximate surface area is 123 Å². The number of likely N-dealkylation sites (N-methyl/N-ethyl adjacent to an activating group) is 1. The minimum Gasteiger partial charge on any atom is -0.480 e. The van der Waals surface area contributed by atoms with Crippen LogP contribution in [0.1, 0.15) is 19.3 Å². The molecule has 0 aromatic carbocycles. The number of aliphatic carboxylic acids is 1. The minimum absolute atomic E-state index is 0.0151. The fraction of sp³-hybridized carbons (Fsp3) is 0.857. The van der Waals surface area contributed by atoms with Crippen molar-refractivity contribution in [3.8, 4) is 0 Å². The van der Waals surface area contributed by atoms with Gasteiger partial charge in [-0.15, -0.1) is 0 Å². The van der Waals surface area contributed by atoms with Crippen molar-refractivity contribution >= 4 is 12.0 Å². The van der Waals surface area contributed by atoms with Gasteiger partial charge in [0.1, 0.15) is 0 Å². The molecule has 7 heteroatoms. The number of nitrogens with zero attached hydrogens (tertiary/aromatic N) is 3. The van der Waals surface area contributed by atoms with E-state index in [9.17, 15) is 9.59 Å². The van der Waals surface area contributed by atoms with E-state index in [0.29, 0.717) is 6.04 Å². The third-order valence-electron chi connectivity index (χ3n) is 5.95. The molecule has 116 valence electrons. The summed E-state index contributed by atoms with van der Waals surface area (Å²) >= 11 is 0. The molecule has 5 aliphatic rings. The summed E-state index contributed by atoms with van der Waals surface area (Å²) < 4.78 is 0. The molecule has 0 spiro atoms. The highest BCUT2D eigenvalue weighted by atomic mass is 16.4. The van der Waals surface area contributed by atoms with Crippen LogP contribution in [-0.4, -0.2) is 88.7 Å². The number of nitrogens with one attached hydrogen (secondary N) is 1. The van der Waals surface area contributed by atoms with E-state index in [2.05, 4.69) is 10.2 Å². The summed E-state index contributed by atoms with van der Waals surface area (Å²) in [4.78, 5) is 29.5. The molecule has 2 bridgehead atoms. The predicted molar refractivity (Wildman–Crippen MR) is 75.0 cm³/mol. The highest BCUT2D eigenvalue weighted by molar-refractivity contribution is 5.79. The second kappa shape index (κ2) is 4.10. The van der Waals surface area contributed by atoms with Gasteiger partial charge in [-0.25, -0.2) is 4.79 Å². The Morgan fingerprint density at radius 1 is 1.48 bits per heavy atom. The summed E-state index contributed by atoms with van der Waals surface area (Å²) in [5, 5.41) is 12.3. The number of hydrogen-bond acceptors (Lipinski definition) is 4. The molecular weight excluding hydrogens is 272 g/mol. The molecular formula is C14H22N4O3. The lowest BCUT2D eigenvalue weighted by Crippen LogP contribution is -2.83. The SMILES string of the molecule is CN(CC(=O)O)C12CC(N3CC4CNCCN4C3=O)(C1)C2. The third kappa shape index (κ3) is 1.67. The number of carbonyl (C=O) groups excluding carboxylic acids is 1. The summed E-state index contributed by atoms with van der Waals surface area (Å²) in [6, 6.07) is 0.503. The van der Waals surface area contributed by atoms with Gasteiger partial charge in [-0.1, -0.05) is 0 Å². The van der Waals surface area contributed by atoms with E-state index in [0.717, 1.165) is 45.4 Å². The van der Waals surface area contributed by atoms with Crippen LogP contribution in [0, 0.1) is 0 Å². The van der Waals surface area contributed by atoms with Gasteiger partial charge in [0.2, 0.25) is 0 Å². The summed E-state index contributed by atoms with van der Waals surface area (Å²) in [7, 11) is 1.89. The maximum atomic E-state index is 12.6. The number of amides is 2. The highest BCUT2D eigenvalue weighted by Crippen LogP contribution is 2.66. The van der Waals surface area contributed by atoms with Crippen molar-refractivity contribution in [2.24, 2.45) is 0 Å². The van der Waals surface area contributed by atoms with E-state index < -0.39 is 5.97 Å². The van der Waals surface area contributed by atoms with Crippen molar-refractivity contribution in [2.45, 2.75) is 36.4 Å². The van der Waals surface area contributed by atoms with Crippen LogP contribution in [0.5, 0.6) is 0 Å². The van der Waals surface area contributed by atoms with Crippen LogP contribution in [0.15, 0.2) is 0 Å². The molecule has 1 atom stereocenters. The van der Waals surface area contributed by atoms with Crippen LogP contribution in [-0.2, 0) is 4.79 Å². The maximum absolute atomic E-state index is 12.6. The van der Waals surface area contributed by atoms with Gasteiger partial charge >= 0.3 is 12.0 Å². The number of rotatable bonds is 4. The van der Waals surface area contributed by atoms with Gasteiger partial charge in [-0.3, -0.25) is 9.69 Å². The molecule has 2 N–H and O–H groups in total. The summed E-state index contributed by atoms with van der Waals surface area (Å²) in [6.45, 7) is 3.49. The predicted octanol–water partition coefficient (Wildman–Crippen LogP) is -0.613. The first kappa shape index (κ1) is 13.3. The van der Waals surface area contributed by atoms with Gasteiger partial charge < -0.3 is 20.2 Å². The topological polar surface area (TPSA) is 76.1 Å². The Balaban J connectivity index is 1.42. The Hall–Kier alpha value is -1.34. The normalized spacial score (nSPS) is 40.9. The molecule has 5 fully saturated rings. The van der Waals surface area contributed by atoms with Crippen molar-refractivity contribution in [3.63, 3.8) is 0 Å². The summed E-state index contributed by atoms with van der Waals surface area (Å²) in [6.07, 6.45) is 2.80. The molecule has 2 saturated heterocycles. The molecule has 0 radical (unpaired) electrons. The molecule has 0 aromatic heterocycles. The quantitative estimate of drug-likeness (QED) is 0.723. The Bertz CT molecular complexity index is 489. The molecule has 1 unspecified atom stereocenters. The van der Waals surface area contributed by atoms with Crippen LogP contribution >= 0.6 is 0 Å². The smallest absolute Gasteiger partial charge is 0.320 e. The molecule has 3 saturated carbocycles. The average molecular weight is 294 g/mol. The van der Waals surface area contributed by atoms with Crippen LogP contribution < -0.4 is 5.32 Å². The number of urea groups is 1. The minimum atomic E-state index is -0.781. The van der Waals surface area contributed by atoms with Gasteiger partial charge in [0.25, 0.3) is 0 Å². The van der Waals surface area contributed by atoms with E-state index in [1.165, 1.54) is 0 Å². The zero-order chi connectivity index (χ0) is 14.8. The second-order valence-corrected chi connectivity index (χ2v) is 7.17. The summed E-state index contributed by atoms with van der Waals surface area (Å²) in [5.74, 6) is -0.781. The zero-order valence-corrected chi connectivity index (χ0v) is 12.3. The number of hydrogen-bond donors (Lipinski definition) is 2. The highest BCUT2D eigenvalue weighted by Gasteiger charge is 2.73. The Morgan fingerprint density at radius 3 is 2.81 bits per heavy atom. The molecule has 2 amide bonds. The fourth-order valence-electron chi connectivity index (χ4n) is 4.76. The van der Waals surface area contributed by atoms with Crippen molar-refractivity contribution in [1.82, 2.24) is 20.0 Å². The number of carbonyl (C=O) groups is 2. The van der Waals surface area contributed by atoms with E-state index in [-0.39, 0.29) is 23.7 Å². The monoisotopic (exact) mass is 294 g/mol. The lowest BCUT2D eigenvalue weighted by molar-refractivity contribution is -0.211. The first-order valence-electron chi connectivity index (χ1n) is 7.68. The van der Waals surface area contributed by atoms with E-state index in [1.807, 2.05) is 16.8 Å². The van der Waals surface area contributed by atoms with E-state index in [1.54, 1.807) is 0 Å². The van der Waals surface area contributed by atoms with Gasteiger partial charge in [0.05, 0.1) is 18.1 Å². The molecule has 5 rings (SSSR count). The van der Waals surface area contributed by atoms with E-state index in [4.69, 9.17) is 5.11 Å². The van der Waals surface area contributed by atoms with Crippen LogP contribution in [0.3, 0.4) is 0 Å². The first-order chi connectivity index (χ1) is 9.96. The van der Waals surface area contributed by atoms with Gasteiger partial charge in [-0.05, 0) is 26.3 Å². The molecule has 0 aromatic rings. The number of carboxylic acid groups (broad SMARTS) is 1. The second-order valence-electron chi connectivity index (χ2n) is 7.17. The fourth-order valence-corrected chi connectivity index (χ4v) is 4.76. The molecule has 3 aliphatic carbocycles. The van der Waals surface area contributed by atoms with Crippen LogP contribution in [0.4, 0.5) is 4.79 Å². The molecule has 2 aliphatic heterocycles. The van der Waals surface area contributed by atoms with Crippen LogP contribution in [0.2, 0.25) is 0 Å². The number of fused-ring (bicyclic) bond motifs is 1. The van der Waals surface area contributed by atoms with Crippen molar-refractivity contribution in [1.29, 1.82) is 0 Å². The number of piperazine rings is 1. The maximum Gasteiger partial charge on any atom is 0.320 e. The average Bonchev–Trinajstić information content (AvgIpc) is 2.64. The van der Waals surface area contributed by atoms with Crippen molar-refractivity contribution in [3.05, 3.63) is 0 Å². The Kier molecular flexibility index (Phi) is 2.60. The van der Waals surface area contributed by atoms with Crippen molar-refractivity contribution in [2.75, 3.05) is 39.8 Å². The van der Waals surface area contributed by atoms with Crippen LogP contribution in [0.25, 0.3) is 0 Å². The number of carboxylic acids is 1. The summed E-state index contributed by atoms with van der Waals surface area (Å²) in [5.41, 5.74) is 0.0429. The van der Waals surface area contributed by atoms with Gasteiger partial charge in [-0.2, -0.15) is 0 Å². The lowest BCUT2D eigenvalue weighted by Gasteiger charge is -2.75. The van der Waals surface area contributed by atoms with Gasteiger partial charge in [0, 0.05) is 31.7 Å². The molecule has 7 nitrogen and oxygen atoms in total. The Morgan fingerprint density at radius 2 is 2.19 bits per heavy atom. The molecule has 21 heavy (non-hydrogen) atoms. The standard InChI is InChI=1S/C14H22N4O3/c1-16(6-11(19)20)13-7-14(8-13,9-13)18-5-10-4-15-2-3-17(10)12(18)21/h10,15H,2-9H2,1H3,(H,19,20).